The van der Waals surface area contributed by atoms with E-state index in [1.807, 2.05) is 6.92 Å². The van der Waals surface area contributed by atoms with Gasteiger partial charge in [-0.1, -0.05) is 37.3 Å². The van der Waals surface area contributed by atoms with E-state index < -0.39 is 116 Å². The Morgan fingerprint density at radius 3 is 2.27 bits per heavy atom. The fourth-order valence-corrected chi connectivity index (χ4v) is 9.72. The molecule has 4 unspecified atom stereocenters. The quantitative estimate of drug-likeness (QED) is 0.0109. The van der Waals surface area contributed by atoms with Crippen LogP contribution in [-0.2, 0) is 83.4 Å². The summed E-state index contributed by atoms with van der Waals surface area (Å²) in [6, 6.07) is 8.57. The normalized spacial score (nSPS) is 16.4. The second kappa shape index (κ2) is 26.0. The summed E-state index contributed by atoms with van der Waals surface area (Å²) in [4.78, 5) is 146. The summed E-state index contributed by atoms with van der Waals surface area (Å²) in [6.07, 6.45) is 3.70. The average molecular weight is 1260 g/mol. The zero-order valence-corrected chi connectivity index (χ0v) is 46.2. The number of aldehydes is 1. The van der Waals surface area contributed by atoms with Crippen molar-refractivity contribution in [3.63, 3.8) is 0 Å². The Hall–Kier alpha value is -7.59. The van der Waals surface area contributed by atoms with E-state index >= 15 is 4.39 Å². The van der Waals surface area contributed by atoms with Crippen LogP contribution in [0.3, 0.4) is 0 Å². The third-order valence-electron chi connectivity index (χ3n) is 13.4. The Morgan fingerprint density at radius 1 is 0.883 bits per heavy atom. The Kier molecular flexibility index (Phi) is 19.3. The minimum absolute atomic E-state index is 0.00817. The van der Waals surface area contributed by atoms with E-state index in [1.165, 1.54) is 31.8 Å². The molecule has 3 radical (unpaired) electrons. The van der Waals surface area contributed by atoms with Gasteiger partial charge in [-0.3, -0.25) is 52.8 Å². The Labute approximate surface area is 455 Å². The molecular formula is C52H56FN10O13Pb. The first-order chi connectivity index (χ1) is 37.1. The zero-order valence-electron chi connectivity index (χ0n) is 42.3. The van der Waals surface area contributed by atoms with E-state index in [2.05, 4.69) is 41.7 Å². The van der Waals surface area contributed by atoms with Crippen LogP contribution >= 0.6 is 0 Å². The fourth-order valence-electron chi connectivity index (χ4n) is 9.72. The molecule has 4 atom stereocenters. The summed E-state index contributed by atoms with van der Waals surface area (Å²) in [6.45, 7) is 0.300. The zero-order chi connectivity index (χ0) is 55.5. The van der Waals surface area contributed by atoms with Gasteiger partial charge >= 0.3 is 36.2 Å². The molecule has 2 aromatic carbocycles. The van der Waals surface area contributed by atoms with Gasteiger partial charge in [0.25, 0.3) is 17.4 Å². The number of halogens is 1. The number of fused-ring (bicyclic) bond motifs is 5. The van der Waals surface area contributed by atoms with Gasteiger partial charge in [0.1, 0.15) is 44.1 Å². The average Bonchev–Trinajstić information content (AvgIpc) is 4.23. The molecule has 0 bridgehead atoms. The number of rotatable bonds is 22. The summed E-state index contributed by atoms with van der Waals surface area (Å²) in [5.41, 5.74) is 5.21. The number of nitrogens with zero attached hydrogens (tertiary/aromatic N) is 3. The van der Waals surface area contributed by atoms with Gasteiger partial charge in [0, 0.05) is 42.1 Å². The number of imide groups is 1. The van der Waals surface area contributed by atoms with Crippen molar-refractivity contribution in [2.75, 3.05) is 46.1 Å². The van der Waals surface area contributed by atoms with E-state index in [9.17, 15) is 52.7 Å². The molecule has 8 rings (SSSR count). The number of aromatic nitrogens is 2. The van der Waals surface area contributed by atoms with Gasteiger partial charge in [0.05, 0.1) is 67.2 Å². The molecule has 3 aliphatic heterocycles. The van der Waals surface area contributed by atoms with E-state index in [1.54, 1.807) is 47.9 Å². The van der Waals surface area contributed by atoms with Crippen molar-refractivity contribution in [1.29, 1.82) is 0 Å². The van der Waals surface area contributed by atoms with Crippen LogP contribution in [0, 0.1) is 12.7 Å². The molecule has 23 nitrogen and oxygen atoms in total. The van der Waals surface area contributed by atoms with E-state index in [-0.39, 0.29) is 38.2 Å². The Bertz CT molecular complexity index is 3110. The predicted octanol–water partition coefficient (Wildman–Crippen LogP) is -1.02. The summed E-state index contributed by atoms with van der Waals surface area (Å²) in [5.74, 6) is -7.48. The van der Waals surface area contributed by atoms with Crippen molar-refractivity contribution in [1.82, 2.24) is 51.7 Å². The second-order valence-corrected chi connectivity index (χ2v) is 18.1. The number of cyclic esters (lactones) is 1. The molecule has 5 heterocycles. The minimum atomic E-state index is -1.39. The monoisotopic (exact) mass is 1260 g/mol. The molecule has 77 heavy (non-hydrogen) atoms. The standard InChI is InChI=1S/C51H53FN10O13.CH3.Pb/c1-3-28-30-16-37-47-31(22-61(37)50(72)32(30)23-75-51(28)73)46-34(10-9-29-26(2)33(52)17-35(60-47)45(29)46)58-42(67)24-74-25-57-40(65)20-55-48(70)36(15-27-7-5-4-6-8-27)59-41(66)21-54-39(64)19-56-49(71)38(18-53-13-14-63)62-43(68)11-12-44(62)69;;/h4-8,11-12,14,16-17,28,34,36,38,53H,3,9-10,13,15,18-25H2,1-2H3,(H,54,64)(H,55,70)(H,56,71)(H,57,65)(H,58,67)(H,59,66);1H3;. The topological polar surface area (TPSA) is 311 Å². The third-order valence-corrected chi connectivity index (χ3v) is 13.4. The molecule has 4 aliphatic rings. The molecule has 0 saturated heterocycles. The maximum absolute atomic E-state index is 15.4. The number of aryl methyl sites for hydroxylation is 1. The van der Waals surface area contributed by atoms with Gasteiger partial charge in [0.15, 0.2) is 0 Å². The summed E-state index contributed by atoms with van der Waals surface area (Å²) in [5, 5.41) is 18.4. The number of pyridine rings is 2. The van der Waals surface area contributed by atoms with E-state index in [0.717, 1.165) is 17.7 Å². The molecule has 1 aliphatic carbocycles. The Balaban J connectivity index is 0.00000426. The fraction of sp³-hybridized carbons (Fsp3) is 0.385. The predicted molar refractivity (Wildman–Crippen MR) is 273 cm³/mol. The number of esters is 1. The van der Waals surface area contributed by atoms with Crippen LogP contribution < -0.4 is 42.8 Å². The van der Waals surface area contributed by atoms with Crippen molar-refractivity contribution in [3.05, 3.63) is 110 Å². The van der Waals surface area contributed by atoms with Crippen LogP contribution in [0.1, 0.15) is 70.7 Å². The summed E-state index contributed by atoms with van der Waals surface area (Å²) < 4.78 is 29.9. The van der Waals surface area contributed by atoms with Crippen LogP contribution in [0.4, 0.5) is 4.39 Å². The summed E-state index contributed by atoms with van der Waals surface area (Å²) >= 11 is 1.31. The van der Waals surface area contributed by atoms with Gasteiger partial charge in [0.2, 0.25) is 35.4 Å². The van der Waals surface area contributed by atoms with Gasteiger partial charge in [-0.15, -0.1) is 0 Å². The molecule has 0 saturated carbocycles. The van der Waals surface area contributed by atoms with Crippen molar-refractivity contribution in [2.24, 2.45) is 0 Å². The number of ether oxygens (including phenoxy) is 2. The molecule has 2 aromatic heterocycles. The van der Waals surface area contributed by atoms with Crippen molar-refractivity contribution in [3.8, 4) is 11.4 Å². The van der Waals surface area contributed by atoms with E-state index in [0.29, 0.717) is 86.1 Å². The van der Waals surface area contributed by atoms with Crippen molar-refractivity contribution >= 4 is 96.2 Å². The molecule has 0 fully saturated rings. The van der Waals surface area contributed by atoms with Gasteiger partial charge in [-0.05, 0) is 60.1 Å². The molecule has 0 spiro atoms. The second-order valence-electron chi connectivity index (χ2n) is 18.1. The number of amides is 8. The van der Waals surface area contributed by atoms with Crippen LogP contribution in [0.2, 0.25) is 4.48 Å². The molecule has 7 N–H and O–H groups in total. The van der Waals surface area contributed by atoms with Crippen molar-refractivity contribution in [2.45, 2.75) is 81.2 Å². The van der Waals surface area contributed by atoms with Crippen LogP contribution in [-0.4, -0.2) is 158 Å². The number of hydrogen-bond donors (Lipinski definition) is 7. The van der Waals surface area contributed by atoms with Crippen LogP contribution in [0.15, 0.2) is 59.4 Å². The molecule has 25 heteroatoms. The first kappa shape index (κ1) is 57.1. The van der Waals surface area contributed by atoms with Gasteiger partial charge in [-0.2, -0.15) is 0 Å². The Morgan fingerprint density at radius 2 is 1.57 bits per heavy atom. The third kappa shape index (κ3) is 13.0. The number of hydrogen-bond acceptors (Lipinski definition) is 15. The SMILES string of the molecule is CCC1C(=O)OCc2c1cc1n(c2=O)Cc2c-1nc1cc(F)c(C)c3c1c2C(NC(=O)COCNC(=O)CNC(=O)C(Cc1ccccc1)NC(=O)CNC(=O)CNC(=O)C(CNCC=O)N1C(=O)C=CC1=O)CC3.[CH3][Pb]. The molecular weight excluding hydrogens is 1200 g/mol. The maximum atomic E-state index is 15.4. The van der Waals surface area contributed by atoms with Gasteiger partial charge in [-0.25, -0.2) is 9.37 Å². The molecule has 8 amide bonds. The van der Waals surface area contributed by atoms with Crippen molar-refractivity contribution < 1.29 is 61.8 Å². The summed E-state index contributed by atoms with van der Waals surface area (Å²) in [7, 11) is 0. The van der Waals surface area contributed by atoms with Crippen LogP contribution in [0.25, 0.3) is 22.3 Å². The molecule has 403 valence electrons. The van der Waals surface area contributed by atoms with Gasteiger partial charge < -0.3 is 56.1 Å². The number of nitrogens with one attached hydrogen (secondary N) is 7. The molecule has 4 aromatic rings. The van der Waals surface area contributed by atoms with E-state index in [4.69, 9.17) is 14.5 Å². The first-order valence-corrected chi connectivity index (χ1v) is 28.5. The number of benzene rings is 2. The number of carbonyl (C=O) groups excluding carboxylic acids is 10. The first-order valence-electron chi connectivity index (χ1n) is 24.6. The number of carbonyl (C=O) groups is 10. The van der Waals surface area contributed by atoms with Crippen LogP contribution in [0.5, 0.6) is 0 Å².